The number of benzene rings is 1. The predicted molar refractivity (Wildman–Crippen MR) is 98.6 cm³/mol. The van der Waals surface area contributed by atoms with Gasteiger partial charge in [0.25, 0.3) is 0 Å². The van der Waals surface area contributed by atoms with Gasteiger partial charge in [-0.1, -0.05) is 12.1 Å². The van der Waals surface area contributed by atoms with Gasteiger partial charge in [0.15, 0.2) is 0 Å². The minimum Gasteiger partial charge on any atom is -0.468 e. The lowest BCUT2D eigenvalue weighted by Gasteiger charge is -2.16. The van der Waals surface area contributed by atoms with E-state index in [1.165, 1.54) is 24.5 Å². The molecule has 1 aliphatic carbocycles. The van der Waals surface area contributed by atoms with Crippen molar-refractivity contribution < 1.29 is 17.6 Å². The number of sulfonamides is 1. The number of nitrogens with one attached hydrogen (secondary N) is 1. The lowest BCUT2D eigenvalue weighted by Crippen LogP contribution is -2.31. The summed E-state index contributed by atoms with van der Waals surface area (Å²) in [5.41, 5.74) is 0.695. The van der Waals surface area contributed by atoms with E-state index in [2.05, 4.69) is 4.72 Å². The first kappa shape index (κ1) is 18.9. The van der Waals surface area contributed by atoms with Crippen molar-refractivity contribution >= 4 is 22.0 Å². The molecule has 1 aliphatic rings. The summed E-state index contributed by atoms with van der Waals surface area (Å²) in [5, 5.41) is 8.82. The van der Waals surface area contributed by atoms with Gasteiger partial charge in [-0.3, -0.25) is 4.79 Å². The number of rotatable bonds is 8. The fraction of sp³-hybridized carbons (Fsp3) is 0.263. The Morgan fingerprint density at radius 2 is 2.04 bits per heavy atom. The van der Waals surface area contributed by atoms with Gasteiger partial charge in [-0.05, 0) is 48.7 Å². The Balaban J connectivity index is 1.62. The van der Waals surface area contributed by atoms with Crippen LogP contribution in [0.5, 0.6) is 0 Å². The Hall–Kier alpha value is -2.89. The molecule has 8 heteroatoms. The Kier molecular flexibility index (Phi) is 5.74. The number of amides is 1. The van der Waals surface area contributed by atoms with Gasteiger partial charge in [0, 0.05) is 12.1 Å². The summed E-state index contributed by atoms with van der Waals surface area (Å²) in [5.74, 6) is 0.310. The van der Waals surface area contributed by atoms with Crippen LogP contribution in [-0.4, -0.2) is 31.8 Å². The Morgan fingerprint density at radius 1 is 1.30 bits per heavy atom. The number of hydrogen-bond acceptors (Lipinski definition) is 5. The van der Waals surface area contributed by atoms with Crippen molar-refractivity contribution in [3.63, 3.8) is 0 Å². The molecule has 0 atom stereocenters. The van der Waals surface area contributed by atoms with E-state index in [9.17, 15) is 13.2 Å². The van der Waals surface area contributed by atoms with E-state index >= 15 is 0 Å². The van der Waals surface area contributed by atoms with Crippen LogP contribution in [0.3, 0.4) is 0 Å². The van der Waals surface area contributed by atoms with Gasteiger partial charge in [-0.2, -0.15) is 5.26 Å². The third-order valence-corrected chi connectivity index (χ3v) is 5.55. The van der Waals surface area contributed by atoms with E-state index in [4.69, 9.17) is 9.68 Å². The van der Waals surface area contributed by atoms with E-state index in [-0.39, 0.29) is 29.9 Å². The average molecular weight is 385 g/mol. The zero-order valence-electron chi connectivity index (χ0n) is 14.5. The Bertz CT molecular complexity index is 953. The number of carbonyl (C=O) groups is 1. The third-order valence-electron chi connectivity index (χ3n) is 4.14. The molecule has 1 aromatic carbocycles. The van der Waals surface area contributed by atoms with Crippen LogP contribution in [0.2, 0.25) is 0 Å². The molecule has 1 heterocycles. The minimum atomic E-state index is -3.65. The molecule has 1 saturated carbocycles. The smallest absolute Gasteiger partial charge is 0.247 e. The molecule has 1 amide bonds. The normalized spacial score (nSPS) is 14.2. The molecule has 0 unspecified atom stereocenters. The topological polar surface area (TPSA) is 103 Å². The summed E-state index contributed by atoms with van der Waals surface area (Å²) in [7, 11) is -3.65. The summed E-state index contributed by atoms with van der Waals surface area (Å²) in [4.78, 5) is 13.9. The standard InChI is InChI=1S/C19H19N3O4S/c20-11-12-22(16-6-7-16)19(23)10-5-15-3-8-18(9-4-15)27(24,25)21-14-17-2-1-13-26-17/h1-5,8-10,13,16,21H,6-7,12,14H2/b10-5+. The third kappa shape index (κ3) is 5.06. The van der Waals surface area contributed by atoms with Gasteiger partial charge in [-0.25, -0.2) is 13.1 Å². The van der Waals surface area contributed by atoms with E-state index < -0.39 is 10.0 Å². The number of hydrogen-bond donors (Lipinski definition) is 1. The van der Waals surface area contributed by atoms with E-state index in [0.717, 1.165) is 12.8 Å². The van der Waals surface area contributed by atoms with Crippen molar-refractivity contribution in [2.24, 2.45) is 0 Å². The van der Waals surface area contributed by atoms with Crippen LogP contribution in [0.1, 0.15) is 24.2 Å². The molecule has 1 fully saturated rings. The van der Waals surface area contributed by atoms with Crippen LogP contribution >= 0.6 is 0 Å². The number of nitriles is 1. The number of furan rings is 1. The molecule has 0 aliphatic heterocycles. The highest BCUT2D eigenvalue weighted by atomic mass is 32.2. The summed E-state index contributed by atoms with van der Waals surface area (Å²) in [6.07, 6.45) is 6.36. The first-order valence-electron chi connectivity index (χ1n) is 8.47. The second kappa shape index (κ2) is 8.20. The Labute approximate surface area is 157 Å². The van der Waals surface area contributed by atoms with Crippen LogP contribution in [0, 0.1) is 11.3 Å². The monoisotopic (exact) mass is 385 g/mol. The molecule has 140 valence electrons. The van der Waals surface area contributed by atoms with Crippen molar-refractivity contribution in [3.8, 4) is 6.07 Å². The highest BCUT2D eigenvalue weighted by Crippen LogP contribution is 2.26. The first-order chi connectivity index (χ1) is 13.0. The molecular formula is C19H19N3O4S. The predicted octanol–water partition coefficient (Wildman–Crippen LogP) is 2.29. The van der Waals surface area contributed by atoms with Crippen molar-refractivity contribution in [1.29, 1.82) is 5.26 Å². The fourth-order valence-electron chi connectivity index (χ4n) is 2.53. The van der Waals surface area contributed by atoms with E-state index in [0.29, 0.717) is 11.3 Å². The quantitative estimate of drug-likeness (QED) is 0.555. The lowest BCUT2D eigenvalue weighted by atomic mass is 10.2. The maximum Gasteiger partial charge on any atom is 0.247 e. The zero-order chi connectivity index (χ0) is 19.3. The van der Waals surface area contributed by atoms with Gasteiger partial charge in [-0.15, -0.1) is 0 Å². The van der Waals surface area contributed by atoms with Crippen LogP contribution in [-0.2, 0) is 21.4 Å². The zero-order valence-corrected chi connectivity index (χ0v) is 15.4. The first-order valence-corrected chi connectivity index (χ1v) is 9.95. The Morgan fingerprint density at radius 3 is 2.63 bits per heavy atom. The molecule has 0 radical (unpaired) electrons. The molecule has 1 N–H and O–H groups in total. The molecule has 1 aromatic heterocycles. The molecule has 0 spiro atoms. The van der Waals surface area contributed by atoms with Crippen LogP contribution in [0.25, 0.3) is 6.08 Å². The van der Waals surface area contributed by atoms with Crippen molar-refractivity contribution in [2.45, 2.75) is 30.3 Å². The van der Waals surface area contributed by atoms with Crippen molar-refractivity contribution in [3.05, 3.63) is 60.1 Å². The van der Waals surface area contributed by atoms with Gasteiger partial charge < -0.3 is 9.32 Å². The van der Waals surface area contributed by atoms with Gasteiger partial charge in [0.1, 0.15) is 12.3 Å². The second-order valence-electron chi connectivity index (χ2n) is 6.16. The molecule has 7 nitrogen and oxygen atoms in total. The fourth-order valence-corrected chi connectivity index (χ4v) is 3.53. The van der Waals surface area contributed by atoms with Crippen LogP contribution in [0.15, 0.2) is 58.1 Å². The van der Waals surface area contributed by atoms with Gasteiger partial charge in [0.2, 0.25) is 15.9 Å². The SMILES string of the molecule is N#CCN(C(=O)/C=C/c1ccc(S(=O)(=O)NCc2ccco2)cc1)C1CC1. The lowest BCUT2D eigenvalue weighted by molar-refractivity contribution is -0.125. The molecule has 0 bridgehead atoms. The highest BCUT2D eigenvalue weighted by Gasteiger charge is 2.31. The van der Waals surface area contributed by atoms with Gasteiger partial charge in [0.05, 0.1) is 23.8 Å². The van der Waals surface area contributed by atoms with E-state index in [1.54, 1.807) is 35.2 Å². The summed E-state index contributed by atoms with van der Waals surface area (Å²) < 4.78 is 32.1. The molecule has 2 aromatic rings. The summed E-state index contributed by atoms with van der Waals surface area (Å²) in [6, 6.07) is 11.7. The van der Waals surface area contributed by atoms with E-state index in [1.807, 2.05) is 6.07 Å². The largest absolute Gasteiger partial charge is 0.468 e. The van der Waals surface area contributed by atoms with Crippen molar-refractivity contribution in [2.75, 3.05) is 6.54 Å². The van der Waals surface area contributed by atoms with Crippen molar-refractivity contribution in [1.82, 2.24) is 9.62 Å². The molecular weight excluding hydrogens is 366 g/mol. The van der Waals surface area contributed by atoms with Crippen LogP contribution in [0.4, 0.5) is 0 Å². The highest BCUT2D eigenvalue weighted by molar-refractivity contribution is 7.89. The summed E-state index contributed by atoms with van der Waals surface area (Å²) >= 11 is 0. The maximum absolute atomic E-state index is 12.3. The molecule has 0 saturated heterocycles. The number of carbonyl (C=O) groups excluding carboxylic acids is 1. The average Bonchev–Trinajstić information content (AvgIpc) is 3.37. The van der Waals surface area contributed by atoms with Gasteiger partial charge >= 0.3 is 0 Å². The van der Waals surface area contributed by atoms with Crippen LogP contribution < -0.4 is 4.72 Å². The molecule has 27 heavy (non-hydrogen) atoms. The summed E-state index contributed by atoms with van der Waals surface area (Å²) in [6.45, 7) is 0.147. The molecule has 3 rings (SSSR count). The number of nitrogens with zero attached hydrogens (tertiary/aromatic N) is 2. The second-order valence-corrected chi connectivity index (χ2v) is 7.93. The maximum atomic E-state index is 12.3. The minimum absolute atomic E-state index is 0.0708.